The number of unbranched alkanes of at least 4 members (excludes halogenated alkanes) is 19. The van der Waals surface area contributed by atoms with Crippen molar-refractivity contribution >= 4 is 5.71 Å². The molecule has 1 unspecified atom stereocenters. The number of hydrogen-bond donors (Lipinski definition) is 1. The first-order valence-electron chi connectivity index (χ1n) is 14.8. The zero-order chi connectivity index (χ0) is 23.7. The Bertz CT molecular complexity index is 498. The van der Waals surface area contributed by atoms with Crippen LogP contribution in [0.1, 0.15) is 162 Å². The highest BCUT2D eigenvalue weighted by Gasteiger charge is 2.15. The zero-order valence-electron chi connectivity index (χ0n) is 22.3. The van der Waals surface area contributed by atoms with E-state index in [1.165, 1.54) is 148 Å². The van der Waals surface area contributed by atoms with Gasteiger partial charge < -0.3 is 0 Å². The minimum Gasteiger partial charge on any atom is -0.179 e. The molecule has 0 amide bonds. The SMILES string of the molecule is CCCCCCCCCCCCCCCCCC(CCCCCCCC)C1=NNN=NC=C1. The molecule has 1 aliphatic rings. The van der Waals surface area contributed by atoms with Crippen molar-refractivity contribution < 1.29 is 0 Å². The first-order chi connectivity index (χ1) is 16.4. The van der Waals surface area contributed by atoms with E-state index in [-0.39, 0.29) is 0 Å². The molecule has 0 saturated carbocycles. The average molecular weight is 461 g/mol. The van der Waals surface area contributed by atoms with E-state index >= 15 is 0 Å². The molecule has 0 spiro atoms. The summed E-state index contributed by atoms with van der Waals surface area (Å²) in [6.07, 6.45) is 35.8. The molecule has 0 bridgehead atoms. The lowest BCUT2D eigenvalue weighted by Gasteiger charge is -2.16. The molecule has 1 N–H and O–H groups in total. The second-order valence-electron chi connectivity index (χ2n) is 10.2. The molecule has 1 aliphatic heterocycles. The van der Waals surface area contributed by atoms with Crippen LogP contribution in [-0.2, 0) is 0 Å². The lowest BCUT2D eigenvalue weighted by Crippen LogP contribution is -2.15. The van der Waals surface area contributed by atoms with E-state index < -0.39 is 0 Å². The van der Waals surface area contributed by atoms with Crippen molar-refractivity contribution in [1.29, 1.82) is 0 Å². The number of hydrogen-bond acceptors (Lipinski definition) is 4. The summed E-state index contributed by atoms with van der Waals surface area (Å²) >= 11 is 0. The van der Waals surface area contributed by atoms with Gasteiger partial charge in [-0.1, -0.05) is 154 Å². The van der Waals surface area contributed by atoms with Crippen molar-refractivity contribution in [3.8, 4) is 0 Å². The summed E-state index contributed by atoms with van der Waals surface area (Å²) in [5.41, 5.74) is 3.87. The molecule has 0 aromatic carbocycles. The maximum absolute atomic E-state index is 4.46. The van der Waals surface area contributed by atoms with Crippen LogP contribution in [0.2, 0.25) is 0 Å². The first-order valence-corrected chi connectivity index (χ1v) is 14.8. The summed E-state index contributed by atoms with van der Waals surface area (Å²) in [6, 6.07) is 0. The largest absolute Gasteiger partial charge is 0.179 e. The smallest absolute Gasteiger partial charge is 0.0671 e. The Morgan fingerprint density at radius 2 is 0.970 bits per heavy atom. The molecule has 1 heterocycles. The number of hydrazone groups is 1. The van der Waals surface area contributed by atoms with Gasteiger partial charge in [-0.2, -0.15) is 10.6 Å². The van der Waals surface area contributed by atoms with Crippen LogP contribution >= 0.6 is 0 Å². The molecule has 0 radical (unpaired) electrons. The van der Waals surface area contributed by atoms with Crippen LogP contribution in [0.5, 0.6) is 0 Å². The van der Waals surface area contributed by atoms with Crippen molar-refractivity contribution in [2.75, 3.05) is 0 Å². The summed E-state index contributed by atoms with van der Waals surface area (Å²) in [4.78, 5) is 0. The molecular formula is C29H56N4. The Morgan fingerprint density at radius 1 is 0.576 bits per heavy atom. The van der Waals surface area contributed by atoms with Gasteiger partial charge >= 0.3 is 0 Å². The fourth-order valence-electron chi connectivity index (χ4n) is 4.89. The molecule has 1 atom stereocenters. The van der Waals surface area contributed by atoms with E-state index in [9.17, 15) is 0 Å². The standard InChI is InChI=1S/C29H56N4/c1-3-5-7-9-11-12-13-14-15-16-17-18-19-21-23-25-28(24-22-20-10-8-6-4-2)29-26-27-30-32-33-31-29/h26-28H,3-25H2,1-2H3,(H,30,33). The summed E-state index contributed by atoms with van der Waals surface area (Å²) in [5.74, 6) is 0.547. The van der Waals surface area contributed by atoms with Crippen LogP contribution in [0.3, 0.4) is 0 Å². The van der Waals surface area contributed by atoms with Crippen LogP contribution in [0, 0.1) is 5.92 Å². The topological polar surface area (TPSA) is 49.1 Å². The predicted octanol–water partition coefficient (Wildman–Crippen LogP) is 10.5. The normalized spacial score (nSPS) is 14.2. The summed E-state index contributed by atoms with van der Waals surface area (Å²) in [7, 11) is 0. The maximum atomic E-state index is 4.46. The van der Waals surface area contributed by atoms with E-state index in [0.29, 0.717) is 5.92 Å². The van der Waals surface area contributed by atoms with Crippen molar-refractivity contribution in [2.24, 2.45) is 21.4 Å². The molecule has 0 aromatic rings. The molecule has 0 aliphatic carbocycles. The lowest BCUT2D eigenvalue weighted by molar-refractivity contribution is 0.479. The van der Waals surface area contributed by atoms with E-state index in [1.807, 2.05) is 0 Å². The molecule has 0 aromatic heterocycles. The van der Waals surface area contributed by atoms with Crippen LogP contribution in [0.15, 0.2) is 27.7 Å². The Kier molecular flexibility index (Phi) is 21.7. The third-order valence-corrected chi connectivity index (χ3v) is 7.07. The third kappa shape index (κ3) is 18.9. The van der Waals surface area contributed by atoms with Gasteiger partial charge in [-0.15, -0.1) is 5.11 Å². The molecule has 192 valence electrons. The first kappa shape index (κ1) is 29.8. The Hall–Kier alpha value is -1.19. The minimum atomic E-state index is 0.547. The van der Waals surface area contributed by atoms with Crippen LogP contribution in [0.25, 0.3) is 0 Å². The van der Waals surface area contributed by atoms with Gasteiger partial charge in [-0.3, -0.25) is 0 Å². The highest BCUT2D eigenvalue weighted by atomic mass is 15.6. The van der Waals surface area contributed by atoms with Gasteiger partial charge in [0, 0.05) is 5.92 Å². The van der Waals surface area contributed by atoms with Gasteiger partial charge in [0.25, 0.3) is 0 Å². The van der Waals surface area contributed by atoms with Gasteiger partial charge in [-0.05, 0) is 18.9 Å². The second kappa shape index (κ2) is 24.0. The molecule has 0 fully saturated rings. The summed E-state index contributed by atoms with van der Waals surface area (Å²) in [6.45, 7) is 4.58. The van der Waals surface area contributed by atoms with E-state index in [2.05, 4.69) is 40.9 Å². The number of rotatable bonds is 24. The third-order valence-electron chi connectivity index (χ3n) is 7.07. The van der Waals surface area contributed by atoms with E-state index in [1.54, 1.807) is 6.20 Å². The van der Waals surface area contributed by atoms with Crippen molar-refractivity contribution in [3.63, 3.8) is 0 Å². The monoisotopic (exact) mass is 460 g/mol. The zero-order valence-corrected chi connectivity index (χ0v) is 22.3. The quantitative estimate of drug-likeness (QED) is 0.143. The molecule has 4 nitrogen and oxygen atoms in total. The maximum Gasteiger partial charge on any atom is 0.0671 e. The Labute approximate surface area is 206 Å². The fourth-order valence-corrected chi connectivity index (χ4v) is 4.89. The molecule has 33 heavy (non-hydrogen) atoms. The highest BCUT2D eigenvalue weighted by Crippen LogP contribution is 2.22. The van der Waals surface area contributed by atoms with Gasteiger partial charge in [0.2, 0.25) is 0 Å². The number of nitrogens with zero attached hydrogens (tertiary/aromatic N) is 3. The van der Waals surface area contributed by atoms with Crippen LogP contribution in [-0.4, -0.2) is 5.71 Å². The van der Waals surface area contributed by atoms with Gasteiger partial charge in [0.1, 0.15) is 0 Å². The van der Waals surface area contributed by atoms with Gasteiger partial charge in [0.15, 0.2) is 0 Å². The van der Waals surface area contributed by atoms with E-state index in [4.69, 9.17) is 0 Å². The number of allylic oxidation sites excluding steroid dienone is 1. The van der Waals surface area contributed by atoms with Crippen molar-refractivity contribution in [2.45, 2.75) is 162 Å². The van der Waals surface area contributed by atoms with Crippen LogP contribution < -0.4 is 5.53 Å². The summed E-state index contributed by atoms with van der Waals surface area (Å²) < 4.78 is 0. The average Bonchev–Trinajstić information content (AvgIpc) is 3.12. The summed E-state index contributed by atoms with van der Waals surface area (Å²) in [5, 5.41) is 12.2. The molecular weight excluding hydrogens is 404 g/mol. The predicted molar refractivity (Wildman–Crippen MR) is 146 cm³/mol. The molecule has 0 saturated heterocycles. The van der Waals surface area contributed by atoms with Gasteiger partial charge in [-0.25, -0.2) is 0 Å². The second-order valence-corrected chi connectivity index (χ2v) is 10.2. The lowest BCUT2D eigenvalue weighted by atomic mass is 9.90. The fraction of sp³-hybridized carbons (Fsp3) is 0.897. The molecule has 4 heteroatoms. The number of nitrogens with one attached hydrogen (secondary N) is 1. The molecule has 1 rings (SSSR count). The Balaban J connectivity index is 2.05. The van der Waals surface area contributed by atoms with Gasteiger partial charge in [0.05, 0.1) is 11.9 Å². The van der Waals surface area contributed by atoms with E-state index in [0.717, 1.165) is 5.71 Å². The van der Waals surface area contributed by atoms with Crippen molar-refractivity contribution in [1.82, 2.24) is 5.53 Å². The van der Waals surface area contributed by atoms with Crippen molar-refractivity contribution in [3.05, 3.63) is 12.3 Å². The Morgan fingerprint density at radius 3 is 1.39 bits per heavy atom. The van der Waals surface area contributed by atoms with Crippen LogP contribution in [0.4, 0.5) is 0 Å². The minimum absolute atomic E-state index is 0.547. The highest BCUT2D eigenvalue weighted by molar-refractivity contribution is 5.96.